The molecule has 0 unspecified atom stereocenters. The molecule has 0 aliphatic carbocycles. The van der Waals surface area contributed by atoms with Crippen LogP contribution in [0.3, 0.4) is 0 Å². The van der Waals surface area contributed by atoms with Gasteiger partial charge in [0.15, 0.2) is 0 Å². The normalized spacial score (nSPS) is 9.68. The molecule has 96 valence electrons. The quantitative estimate of drug-likeness (QED) is 0.818. The predicted molar refractivity (Wildman–Crippen MR) is 75.9 cm³/mol. The number of benzene rings is 1. The van der Waals surface area contributed by atoms with E-state index in [2.05, 4.69) is 31.5 Å². The van der Waals surface area contributed by atoms with Gasteiger partial charge in [0.1, 0.15) is 0 Å². The van der Waals surface area contributed by atoms with Crippen molar-refractivity contribution in [2.24, 2.45) is 0 Å². The van der Waals surface area contributed by atoms with Crippen LogP contribution in [0.15, 0.2) is 30.3 Å². The molecular weight excluding hydrogens is 262 g/mol. The van der Waals surface area contributed by atoms with Crippen molar-refractivity contribution in [3.63, 3.8) is 0 Å². The van der Waals surface area contributed by atoms with Crippen LogP contribution in [0.1, 0.15) is 5.56 Å². The molecule has 2 aromatic rings. The summed E-state index contributed by atoms with van der Waals surface area (Å²) in [5.41, 5.74) is 1.12. The van der Waals surface area contributed by atoms with E-state index in [1.54, 1.807) is 0 Å². The highest BCUT2D eigenvalue weighted by molar-refractivity contribution is 6.28. The molecule has 2 rings (SSSR count). The third kappa shape index (κ3) is 4.12. The summed E-state index contributed by atoms with van der Waals surface area (Å²) < 4.78 is 0. The molecule has 1 aromatic carbocycles. The Hall–Kier alpha value is -2.32. The first-order valence-corrected chi connectivity index (χ1v) is 6.02. The lowest BCUT2D eigenvalue weighted by Gasteiger charge is -2.07. The summed E-state index contributed by atoms with van der Waals surface area (Å²) in [5, 5.41) is 6.05. The highest BCUT2D eigenvalue weighted by Crippen LogP contribution is 2.10. The summed E-state index contributed by atoms with van der Waals surface area (Å²) >= 11 is 5.82. The minimum absolute atomic E-state index is 0.116. The average molecular weight is 274 g/mol. The summed E-state index contributed by atoms with van der Waals surface area (Å²) in [6.07, 6.45) is 5.15. The maximum Gasteiger partial charge on any atom is 0.229 e. The number of rotatable bonds is 5. The van der Waals surface area contributed by atoms with E-state index in [4.69, 9.17) is 18.0 Å². The molecule has 1 heterocycles. The van der Waals surface area contributed by atoms with E-state index in [0.717, 1.165) is 5.56 Å². The maximum atomic E-state index is 5.82. The van der Waals surface area contributed by atoms with Gasteiger partial charge in [-0.25, -0.2) is 0 Å². The molecule has 0 aliphatic heterocycles. The average Bonchev–Trinajstić information content (AvgIpc) is 2.43. The summed E-state index contributed by atoms with van der Waals surface area (Å²) in [7, 11) is 0. The number of hydrogen-bond acceptors (Lipinski definition) is 5. The zero-order valence-electron chi connectivity index (χ0n) is 10.1. The van der Waals surface area contributed by atoms with Crippen LogP contribution in [-0.2, 0) is 6.54 Å². The van der Waals surface area contributed by atoms with Crippen LogP contribution in [0.25, 0.3) is 0 Å². The van der Waals surface area contributed by atoms with Gasteiger partial charge in [0.25, 0.3) is 0 Å². The van der Waals surface area contributed by atoms with E-state index in [0.29, 0.717) is 25.0 Å². The predicted octanol–water partition coefficient (Wildman–Crippen LogP) is 2.18. The van der Waals surface area contributed by atoms with Crippen molar-refractivity contribution >= 4 is 23.5 Å². The third-order valence-electron chi connectivity index (χ3n) is 2.25. The van der Waals surface area contributed by atoms with Gasteiger partial charge < -0.3 is 10.6 Å². The van der Waals surface area contributed by atoms with E-state index in [1.807, 2.05) is 30.3 Å². The van der Waals surface area contributed by atoms with Crippen molar-refractivity contribution in [1.82, 2.24) is 15.0 Å². The first-order chi connectivity index (χ1) is 9.28. The second-order valence-corrected chi connectivity index (χ2v) is 3.99. The molecule has 6 heteroatoms. The Balaban J connectivity index is 2.04. The van der Waals surface area contributed by atoms with Crippen LogP contribution >= 0.6 is 11.6 Å². The van der Waals surface area contributed by atoms with E-state index >= 15 is 0 Å². The Kier molecular flexibility index (Phi) is 4.54. The summed E-state index contributed by atoms with van der Waals surface area (Å²) in [6.45, 7) is 0.939. The SMILES string of the molecule is C#CCNc1nc(Cl)nc(NCc2ccccc2)n1. The van der Waals surface area contributed by atoms with Gasteiger partial charge in [0.2, 0.25) is 17.2 Å². The monoisotopic (exact) mass is 273 g/mol. The van der Waals surface area contributed by atoms with Gasteiger partial charge in [-0.05, 0) is 17.2 Å². The zero-order chi connectivity index (χ0) is 13.5. The Labute approximate surface area is 116 Å². The molecule has 0 aliphatic rings. The molecule has 0 saturated carbocycles. The molecule has 0 bridgehead atoms. The highest BCUT2D eigenvalue weighted by atomic mass is 35.5. The van der Waals surface area contributed by atoms with Gasteiger partial charge in [-0.1, -0.05) is 36.3 Å². The van der Waals surface area contributed by atoms with Gasteiger partial charge in [0.05, 0.1) is 6.54 Å². The van der Waals surface area contributed by atoms with Gasteiger partial charge >= 0.3 is 0 Å². The molecule has 0 atom stereocenters. The molecule has 19 heavy (non-hydrogen) atoms. The number of hydrogen-bond donors (Lipinski definition) is 2. The van der Waals surface area contributed by atoms with E-state index in [-0.39, 0.29) is 5.28 Å². The van der Waals surface area contributed by atoms with Crippen LogP contribution in [0, 0.1) is 12.3 Å². The van der Waals surface area contributed by atoms with Crippen molar-refractivity contribution < 1.29 is 0 Å². The summed E-state index contributed by atoms with van der Waals surface area (Å²) in [6, 6.07) is 9.92. The fraction of sp³-hybridized carbons (Fsp3) is 0.154. The van der Waals surface area contributed by atoms with Gasteiger partial charge in [0, 0.05) is 6.54 Å². The molecular formula is C13H12ClN5. The molecule has 0 spiro atoms. The van der Waals surface area contributed by atoms with Crippen LogP contribution < -0.4 is 10.6 Å². The Morgan fingerprint density at radius 2 is 1.74 bits per heavy atom. The number of anilines is 2. The molecule has 1 aromatic heterocycles. The molecule has 0 fully saturated rings. The zero-order valence-corrected chi connectivity index (χ0v) is 10.9. The van der Waals surface area contributed by atoms with Crippen molar-refractivity contribution in [1.29, 1.82) is 0 Å². The largest absolute Gasteiger partial charge is 0.350 e. The minimum Gasteiger partial charge on any atom is -0.350 e. The van der Waals surface area contributed by atoms with Crippen molar-refractivity contribution in [3.05, 3.63) is 41.2 Å². The van der Waals surface area contributed by atoms with Gasteiger partial charge in [-0.3, -0.25) is 0 Å². The second-order valence-electron chi connectivity index (χ2n) is 3.65. The van der Waals surface area contributed by atoms with Crippen LogP contribution in [-0.4, -0.2) is 21.5 Å². The van der Waals surface area contributed by atoms with E-state index in [9.17, 15) is 0 Å². The number of aromatic nitrogens is 3. The first-order valence-electron chi connectivity index (χ1n) is 5.64. The Bertz CT molecular complexity index is 579. The fourth-order valence-electron chi connectivity index (χ4n) is 1.42. The number of nitrogens with zero attached hydrogens (tertiary/aromatic N) is 3. The van der Waals surface area contributed by atoms with Gasteiger partial charge in [-0.15, -0.1) is 6.42 Å². The molecule has 2 N–H and O–H groups in total. The lowest BCUT2D eigenvalue weighted by atomic mass is 10.2. The topological polar surface area (TPSA) is 62.7 Å². The Morgan fingerprint density at radius 3 is 2.42 bits per heavy atom. The number of terminal acetylenes is 1. The van der Waals surface area contributed by atoms with Crippen molar-refractivity contribution in [2.45, 2.75) is 6.54 Å². The molecule has 0 saturated heterocycles. The lowest BCUT2D eigenvalue weighted by Crippen LogP contribution is -2.09. The van der Waals surface area contributed by atoms with E-state index in [1.165, 1.54) is 0 Å². The molecule has 0 amide bonds. The fourth-order valence-corrected chi connectivity index (χ4v) is 1.58. The smallest absolute Gasteiger partial charge is 0.229 e. The maximum absolute atomic E-state index is 5.82. The minimum atomic E-state index is 0.116. The molecule has 0 radical (unpaired) electrons. The van der Waals surface area contributed by atoms with Crippen LogP contribution in [0.5, 0.6) is 0 Å². The lowest BCUT2D eigenvalue weighted by molar-refractivity contribution is 0.997. The highest BCUT2D eigenvalue weighted by Gasteiger charge is 2.04. The molecule has 5 nitrogen and oxygen atoms in total. The van der Waals surface area contributed by atoms with E-state index < -0.39 is 0 Å². The number of halogens is 1. The standard InChI is InChI=1S/C13H12ClN5/c1-2-8-15-12-17-11(14)18-13(19-12)16-9-10-6-4-3-5-7-10/h1,3-7H,8-9H2,(H2,15,16,17,18,19). The first kappa shape index (κ1) is 13.1. The van der Waals surface area contributed by atoms with Crippen molar-refractivity contribution in [3.8, 4) is 12.3 Å². The van der Waals surface area contributed by atoms with Crippen LogP contribution in [0.2, 0.25) is 5.28 Å². The third-order valence-corrected chi connectivity index (χ3v) is 2.42. The summed E-state index contributed by atoms with van der Waals surface area (Å²) in [5.74, 6) is 3.20. The second kappa shape index (κ2) is 6.57. The van der Waals surface area contributed by atoms with Gasteiger partial charge in [-0.2, -0.15) is 15.0 Å². The summed E-state index contributed by atoms with van der Waals surface area (Å²) in [4.78, 5) is 12.1. The Morgan fingerprint density at radius 1 is 1.05 bits per heavy atom. The van der Waals surface area contributed by atoms with Crippen LogP contribution in [0.4, 0.5) is 11.9 Å². The number of nitrogens with one attached hydrogen (secondary N) is 2. The van der Waals surface area contributed by atoms with Crippen molar-refractivity contribution in [2.75, 3.05) is 17.2 Å².